The third kappa shape index (κ3) is 5.62. The second-order valence-electron chi connectivity index (χ2n) is 6.97. The Kier molecular flexibility index (Phi) is 8.23. The monoisotopic (exact) mass is 394 g/mol. The van der Waals surface area contributed by atoms with Crippen LogP contribution in [0.5, 0.6) is 11.5 Å². The first-order chi connectivity index (χ1) is 11.9. The molecule has 1 atom stereocenters. The van der Waals surface area contributed by atoms with Gasteiger partial charge in [0, 0.05) is 32.2 Å². The average Bonchev–Trinajstić information content (AvgIpc) is 3.46. The van der Waals surface area contributed by atoms with Gasteiger partial charge in [0.15, 0.2) is 0 Å². The number of rotatable bonds is 6. The molecule has 1 saturated carbocycles. The molecule has 5 heteroatoms. The van der Waals surface area contributed by atoms with Gasteiger partial charge in [0.25, 0.3) is 0 Å². The highest BCUT2D eigenvalue weighted by molar-refractivity contribution is 5.85. The van der Waals surface area contributed by atoms with Crippen LogP contribution in [-0.4, -0.2) is 31.1 Å². The van der Waals surface area contributed by atoms with E-state index in [-0.39, 0.29) is 24.8 Å². The third-order valence-electron chi connectivity index (χ3n) is 5.07. The highest BCUT2D eigenvalue weighted by Crippen LogP contribution is 2.40. The predicted molar refractivity (Wildman–Crippen MR) is 112 cm³/mol. The van der Waals surface area contributed by atoms with Crippen molar-refractivity contribution in [2.75, 3.05) is 26.2 Å². The molecule has 0 amide bonds. The lowest BCUT2D eigenvalue weighted by Gasteiger charge is -2.35. The number of para-hydroxylation sites is 1. The highest BCUT2D eigenvalue weighted by atomic mass is 35.5. The topological polar surface area (TPSA) is 24.5 Å². The Morgan fingerprint density at radius 1 is 0.923 bits per heavy atom. The van der Waals surface area contributed by atoms with E-state index >= 15 is 0 Å². The van der Waals surface area contributed by atoms with Gasteiger partial charge in [-0.2, -0.15) is 0 Å². The minimum absolute atomic E-state index is 0. The quantitative estimate of drug-likeness (QED) is 0.739. The number of halogens is 2. The van der Waals surface area contributed by atoms with Crippen LogP contribution in [0.3, 0.4) is 0 Å². The minimum atomic E-state index is 0. The second kappa shape index (κ2) is 10.2. The number of ether oxygens (including phenoxy) is 1. The van der Waals surface area contributed by atoms with Crippen LogP contribution in [0, 0.1) is 5.92 Å². The Balaban J connectivity index is 0.00000121. The molecule has 1 aliphatic carbocycles. The van der Waals surface area contributed by atoms with Crippen LogP contribution in [0.25, 0.3) is 0 Å². The Hall–Kier alpha value is -1.26. The Morgan fingerprint density at radius 3 is 2.31 bits per heavy atom. The maximum atomic E-state index is 6.05. The van der Waals surface area contributed by atoms with Gasteiger partial charge in [-0.3, -0.25) is 4.90 Å². The number of hydrogen-bond acceptors (Lipinski definition) is 3. The van der Waals surface area contributed by atoms with Crippen molar-refractivity contribution < 1.29 is 4.74 Å². The fourth-order valence-corrected chi connectivity index (χ4v) is 3.57. The number of benzene rings is 2. The lowest BCUT2D eigenvalue weighted by atomic mass is 9.98. The van der Waals surface area contributed by atoms with Crippen molar-refractivity contribution in [1.29, 1.82) is 0 Å². The molecule has 0 bridgehead atoms. The maximum absolute atomic E-state index is 6.05. The van der Waals surface area contributed by atoms with Gasteiger partial charge in [0.2, 0.25) is 0 Å². The van der Waals surface area contributed by atoms with E-state index in [2.05, 4.69) is 34.5 Å². The van der Waals surface area contributed by atoms with Crippen LogP contribution in [0.2, 0.25) is 0 Å². The molecule has 1 saturated heterocycles. The summed E-state index contributed by atoms with van der Waals surface area (Å²) in [6.45, 7) is 4.48. The van der Waals surface area contributed by atoms with Crippen LogP contribution in [0.4, 0.5) is 0 Å². The predicted octanol–water partition coefficient (Wildman–Crippen LogP) is 5.07. The van der Waals surface area contributed by atoms with Crippen molar-refractivity contribution in [2.24, 2.45) is 5.92 Å². The summed E-state index contributed by atoms with van der Waals surface area (Å²) >= 11 is 0. The third-order valence-corrected chi connectivity index (χ3v) is 5.07. The summed E-state index contributed by atoms with van der Waals surface area (Å²) in [5.41, 5.74) is 1.40. The van der Waals surface area contributed by atoms with Crippen molar-refractivity contribution in [3.8, 4) is 11.5 Å². The Morgan fingerprint density at radius 2 is 1.62 bits per heavy atom. The first-order valence-electron chi connectivity index (χ1n) is 9.16. The van der Waals surface area contributed by atoms with Crippen molar-refractivity contribution in [3.63, 3.8) is 0 Å². The maximum Gasteiger partial charge on any atom is 0.127 e. The summed E-state index contributed by atoms with van der Waals surface area (Å²) in [7, 11) is 0. The molecule has 4 rings (SSSR count). The minimum Gasteiger partial charge on any atom is -0.457 e. The van der Waals surface area contributed by atoms with Gasteiger partial charge >= 0.3 is 0 Å². The zero-order valence-electron chi connectivity index (χ0n) is 15.0. The van der Waals surface area contributed by atoms with Crippen LogP contribution in [0.15, 0.2) is 54.6 Å². The summed E-state index contributed by atoms with van der Waals surface area (Å²) in [5, 5.41) is 3.47. The molecule has 0 radical (unpaired) electrons. The summed E-state index contributed by atoms with van der Waals surface area (Å²) in [5.74, 6) is 2.76. The zero-order valence-corrected chi connectivity index (χ0v) is 16.6. The van der Waals surface area contributed by atoms with Gasteiger partial charge in [-0.05, 0) is 42.2 Å². The molecule has 2 fully saturated rings. The van der Waals surface area contributed by atoms with Gasteiger partial charge in [-0.25, -0.2) is 0 Å². The van der Waals surface area contributed by atoms with E-state index in [4.69, 9.17) is 4.74 Å². The van der Waals surface area contributed by atoms with E-state index in [0.717, 1.165) is 43.6 Å². The Labute approximate surface area is 168 Å². The first-order valence-corrected chi connectivity index (χ1v) is 9.16. The number of nitrogens with zero attached hydrogens (tertiary/aromatic N) is 1. The van der Waals surface area contributed by atoms with Gasteiger partial charge in [0.05, 0.1) is 0 Å². The van der Waals surface area contributed by atoms with Crippen LogP contribution in [0.1, 0.15) is 30.9 Å². The molecule has 2 aliphatic rings. The molecule has 3 nitrogen and oxygen atoms in total. The van der Waals surface area contributed by atoms with E-state index in [9.17, 15) is 0 Å². The second-order valence-corrected chi connectivity index (χ2v) is 6.97. The number of piperazine rings is 1. The fourth-order valence-electron chi connectivity index (χ4n) is 3.57. The summed E-state index contributed by atoms with van der Waals surface area (Å²) in [4.78, 5) is 2.65. The molecule has 0 spiro atoms. The van der Waals surface area contributed by atoms with E-state index < -0.39 is 0 Å². The molecule has 142 valence electrons. The van der Waals surface area contributed by atoms with E-state index in [0.29, 0.717) is 6.04 Å². The van der Waals surface area contributed by atoms with Crippen molar-refractivity contribution in [1.82, 2.24) is 10.2 Å². The lowest BCUT2D eigenvalue weighted by molar-refractivity contribution is 0.160. The van der Waals surface area contributed by atoms with E-state index in [1.165, 1.54) is 24.8 Å². The van der Waals surface area contributed by atoms with Crippen LogP contribution in [-0.2, 0) is 0 Å². The van der Waals surface area contributed by atoms with E-state index in [1.54, 1.807) is 0 Å². The molecular formula is C21H28Cl2N2O. The summed E-state index contributed by atoms with van der Waals surface area (Å²) in [6, 6.07) is 19.3. The molecule has 0 unspecified atom stereocenters. The van der Waals surface area contributed by atoms with Gasteiger partial charge < -0.3 is 10.1 Å². The molecule has 1 aliphatic heterocycles. The van der Waals surface area contributed by atoms with E-state index in [1.807, 2.05) is 30.3 Å². The van der Waals surface area contributed by atoms with Crippen LogP contribution >= 0.6 is 24.8 Å². The molecule has 2 aromatic carbocycles. The molecular weight excluding hydrogens is 367 g/mol. The zero-order chi connectivity index (χ0) is 16.2. The van der Waals surface area contributed by atoms with Gasteiger partial charge in [-0.15, -0.1) is 24.8 Å². The summed E-state index contributed by atoms with van der Waals surface area (Å²) < 4.78 is 6.05. The average molecular weight is 395 g/mol. The smallest absolute Gasteiger partial charge is 0.127 e. The highest BCUT2D eigenvalue weighted by Gasteiger charge is 2.30. The largest absolute Gasteiger partial charge is 0.457 e. The normalized spacial score (nSPS) is 18.3. The number of nitrogens with one attached hydrogen (secondary N) is 1. The number of hydrogen-bond donors (Lipinski definition) is 1. The molecule has 0 aromatic heterocycles. The van der Waals surface area contributed by atoms with Crippen LogP contribution < -0.4 is 10.1 Å². The van der Waals surface area contributed by atoms with Gasteiger partial charge in [-0.1, -0.05) is 43.2 Å². The van der Waals surface area contributed by atoms with Gasteiger partial charge in [0.1, 0.15) is 11.5 Å². The molecule has 26 heavy (non-hydrogen) atoms. The Bertz CT molecular complexity index is 658. The molecule has 1 N–H and O–H groups in total. The first kappa shape index (κ1) is 21.0. The van der Waals surface area contributed by atoms with Crippen molar-refractivity contribution >= 4 is 24.8 Å². The summed E-state index contributed by atoms with van der Waals surface area (Å²) in [6.07, 6.45) is 4.10. The molecule has 2 aromatic rings. The fraction of sp³-hybridized carbons (Fsp3) is 0.429. The van der Waals surface area contributed by atoms with Crippen molar-refractivity contribution in [2.45, 2.75) is 25.3 Å². The van der Waals surface area contributed by atoms with Crippen molar-refractivity contribution in [3.05, 3.63) is 60.2 Å². The lowest BCUT2D eigenvalue weighted by Crippen LogP contribution is -2.45. The molecule has 1 heterocycles. The standard InChI is InChI=1S/C21H26N2O.2ClH/c1-2-6-19(7-3-1)24-20-8-4-5-18(16-20)21(15-17-9-10-17)23-13-11-22-12-14-23;;/h1-8,16-17,21-22H,9-15H2;2*1H/t21-;;/m0../s1. The SMILES string of the molecule is Cl.Cl.c1ccc(Oc2cccc([C@H](CC3CC3)N3CCNCC3)c2)cc1.